The van der Waals surface area contributed by atoms with Crippen LogP contribution in [0.1, 0.15) is 34.8 Å². The molecular weight excluding hydrogens is 320 g/mol. The molecule has 1 fully saturated rings. The second-order valence-electron chi connectivity index (χ2n) is 6.92. The average molecular weight is 342 g/mol. The van der Waals surface area contributed by atoms with E-state index in [1.54, 1.807) is 23.4 Å². The van der Waals surface area contributed by atoms with Gasteiger partial charge < -0.3 is 18.8 Å². The van der Waals surface area contributed by atoms with Crippen LogP contribution < -0.4 is 0 Å². The van der Waals surface area contributed by atoms with E-state index in [-0.39, 0.29) is 17.7 Å². The van der Waals surface area contributed by atoms with Crippen molar-refractivity contribution in [3.63, 3.8) is 0 Å². The van der Waals surface area contributed by atoms with Crippen LogP contribution >= 0.6 is 0 Å². The highest BCUT2D eigenvalue weighted by Crippen LogP contribution is 2.22. The fraction of sp³-hybridized carbons (Fsp3) is 0.500. The zero-order valence-corrected chi connectivity index (χ0v) is 14.4. The summed E-state index contributed by atoms with van der Waals surface area (Å²) < 4.78 is 7.48. The van der Waals surface area contributed by atoms with Gasteiger partial charge in [0, 0.05) is 56.5 Å². The lowest BCUT2D eigenvalue weighted by Crippen LogP contribution is -2.39. The molecule has 7 nitrogen and oxygen atoms in total. The van der Waals surface area contributed by atoms with Gasteiger partial charge in [0.1, 0.15) is 5.82 Å². The lowest BCUT2D eigenvalue weighted by Gasteiger charge is -2.27. The van der Waals surface area contributed by atoms with Crippen LogP contribution in [0.15, 0.2) is 29.1 Å². The first-order valence-corrected chi connectivity index (χ1v) is 8.73. The molecule has 0 N–H and O–H groups in total. The quantitative estimate of drug-likeness (QED) is 0.851. The molecule has 0 saturated carbocycles. The second-order valence-corrected chi connectivity index (χ2v) is 6.92. The molecular formula is C18H22N4O3. The number of fused-ring (bicyclic) bond motifs is 1. The molecule has 0 spiro atoms. The minimum atomic E-state index is -0.114. The Balaban J connectivity index is 1.58. The Hall–Kier alpha value is -2.57. The van der Waals surface area contributed by atoms with Crippen LogP contribution in [0, 0.1) is 12.8 Å². The summed E-state index contributed by atoms with van der Waals surface area (Å²) in [7, 11) is 0. The summed E-state index contributed by atoms with van der Waals surface area (Å²) in [4.78, 5) is 33.0. The maximum absolute atomic E-state index is 12.9. The number of aryl methyl sites for hydroxylation is 1. The molecule has 4 rings (SSSR count). The van der Waals surface area contributed by atoms with Crippen LogP contribution in [0.5, 0.6) is 0 Å². The fourth-order valence-corrected chi connectivity index (χ4v) is 3.76. The van der Waals surface area contributed by atoms with E-state index in [4.69, 9.17) is 4.42 Å². The van der Waals surface area contributed by atoms with Crippen molar-refractivity contribution in [1.29, 1.82) is 0 Å². The summed E-state index contributed by atoms with van der Waals surface area (Å²) in [5.41, 5.74) is 0.837. The predicted molar refractivity (Wildman–Crippen MR) is 89.7 cm³/mol. The highest BCUT2D eigenvalue weighted by atomic mass is 16.3. The lowest BCUT2D eigenvalue weighted by atomic mass is 10.1. The summed E-state index contributed by atoms with van der Waals surface area (Å²) in [5, 5.41) is 0. The molecule has 0 aliphatic carbocycles. The predicted octanol–water partition coefficient (Wildman–Crippen LogP) is 1.68. The number of likely N-dealkylation sites (tertiary alicyclic amines) is 1. The molecule has 2 aromatic heterocycles. The molecule has 132 valence electrons. The molecule has 4 heterocycles. The first kappa shape index (κ1) is 15.9. The van der Waals surface area contributed by atoms with Crippen molar-refractivity contribution in [2.75, 3.05) is 19.6 Å². The van der Waals surface area contributed by atoms with Gasteiger partial charge in [-0.05, 0) is 19.4 Å². The molecule has 7 heteroatoms. The molecule has 25 heavy (non-hydrogen) atoms. The number of nitrogens with zero attached hydrogens (tertiary/aromatic N) is 4. The maximum atomic E-state index is 12.9. The van der Waals surface area contributed by atoms with Crippen LogP contribution in [0.3, 0.4) is 0 Å². The number of amides is 2. The van der Waals surface area contributed by atoms with Gasteiger partial charge in [-0.15, -0.1) is 0 Å². The van der Waals surface area contributed by atoms with Gasteiger partial charge in [-0.3, -0.25) is 9.59 Å². The third kappa shape index (κ3) is 3.06. The number of imidazole rings is 1. The summed E-state index contributed by atoms with van der Waals surface area (Å²) >= 11 is 0. The van der Waals surface area contributed by atoms with E-state index in [0.29, 0.717) is 31.8 Å². The minimum Gasteiger partial charge on any atom is -0.459 e. The molecule has 1 atom stereocenters. The normalized spacial score (nSPS) is 20.7. The van der Waals surface area contributed by atoms with E-state index >= 15 is 0 Å². The molecule has 1 saturated heterocycles. The molecule has 0 unspecified atom stereocenters. The highest BCUT2D eigenvalue weighted by molar-refractivity contribution is 5.92. The van der Waals surface area contributed by atoms with Gasteiger partial charge in [0.25, 0.3) is 5.91 Å². The van der Waals surface area contributed by atoms with E-state index < -0.39 is 0 Å². The van der Waals surface area contributed by atoms with E-state index in [2.05, 4.69) is 9.55 Å². The number of hydrogen-bond donors (Lipinski definition) is 0. The average Bonchev–Trinajstić information content (AvgIpc) is 3.28. The Morgan fingerprint density at radius 2 is 2.28 bits per heavy atom. The highest BCUT2D eigenvalue weighted by Gasteiger charge is 2.31. The molecule has 2 aliphatic rings. The van der Waals surface area contributed by atoms with E-state index in [0.717, 1.165) is 30.9 Å². The Morgan fingerprint density at radius 1 is 1.40 bits per heavy atom. The van der Waals surface area contributed by atoms with Gasteiger partial charge in [-0.2, -0.15) is 0 Å². The van der Waals surface area contributed by atoms with Crippen molar-refractivity contribution in [2.24, 2.45) is 5.92 Å². The summed E-state index contributed by atoms with van der Waals surface area (Å²) in [6.45, 7) is 5.17. The van der Waals surface area contributed by atoms with Crippen molar-refractivity contribution in [1.82, 2.24) is 19.4 Å². The molecule has 0 radical (unpaired) electrons. The van der Waals surface area contributed by atoms with Crippen molar-refractivity contribution in [3.05, 3.63) is 41.9 Å². The standard InChI is InChI=1S/C18H22N4O3/c1-13-4-8-25-17(13)18(24)22-11-14(10-21-6-2-3-16(21)23)9-20-7-5-19-15(20)12-22/h4-5,7-8,14H,2-3,6,9-12H2,1H3/t14-/m1/s1. The summed E-state index contributed by atoms with van der Waals surface area (Å²) in [6.07, 6.45) is 6.81. The third-order valence-electron chi connectivity index (χ3n) is 5.06. The van der Waals surface area contributed by atoms with E-state index in [1.807, 2.05) is 18.0 Å². The molecule has 0 aromatic carbocycles. The maximum Gasteiger partial charge on any atom is 0.290 e. The zero-order valence-electron chi connectivity index (χ0n) is 14.4. The number of carbonyl (C=O) groups is 2. The van der Waals surface area contributed by atoms with Crippen molar-refractivity contribution in [2.45, 2.75) is 32.9 Å². The first-order chi connectivity index (χ1) is 12.1. The SMILES string of the molecule is Cc1ccoc1C(=O)N1Cc2nccn2C[C@H](CN2CCCC2=O)C1. The second kappa shape index (κ2) is 6.38. The topological polar surface area (TPSA) is 71.6 Å². The van der Waals surface area contributed by atoms with Crippen LogP contribution in [0.25, 0.3) is 0 Å². The van der Waals surface area contributed by atoms with Crippen LogP contribution in [-0.4, -0.2) is 50.8 Å². The Kier molecular flexibility index (Phi) is 4.07. The smallest absolute Gasteiger partial charge is 0.290 e. The molecule has 2 aliphatic heterocycles. The first-order valence-electron chi connectivity index (χ1n) is 8.73. The summed E-state index contributed by atoms with van der Waals surface area (Å²) in [6, 6.07) is 1.80. The third-order valence-corrected chi connectivity index (χ3v) is 5.06. The zero-order chi connectivity index (χ0) is 17.4. The summed E-state index contributed by atoms with van der Waals surface area (Å²) in [5.74, 6) is 1.53. The van der Waals surface area contributed by atoms with Gasteiger partial charge in [0.2, 0.25) is 5.91 Å². The van der Waals surface area contributed by atoms with Crippen LogP contribution in [0.2, 0.25) is 0 Å². The van der Waals surface area contributed by atoms with E-state index in [9.17, 15) is 9.59 Å². The minimum absolute atomic E-state index is 0.114. The van der Waals surface area contributed by atoms with Crippen LogP contribution in [-0.2, 0) is 17.9 Å². The lowest BCUT2D eigenvalue weighted by molar-refractivity contribution is -0.128. The van der Waals surface area contributed by atoms with Gasteiger partial charge >= 0.3 is 0 Å². The van der Waals surface area contributed by atoms with E-state index in [1.165, 1.54) is 0 Å². The van der Waals surface area contributed by atoms with Crippen molar-refractivity contribution >= 4 is 11.8 Å². The number of furan rings is 1. The van der Waals surface area contributed by atoms with Crippen LogP contribution in [0.4, 0.5) is 0 Å². The molecule has 2 amide bonds. The number of aromatic nitrogens is 2. The Morgan fingerprint density at radius 3 is 3.00 bits per heavy atom. The Bertz CT molecular complexity index is 794. The molecule has 2 aromatic rings. The van der Waals surface area contributed by atoms with Gasteiger partial charge in [0.15, 0.2) is 5.76 Å². The number of carbonyl (C=O) groups excluding carboxylic acids is 2. The number of hydrogen-bond acceptors (Lipinski definition) is 4. The molecule has 0 bridgehead atoms. The number of rotatable bonds is 3. The monoisotopic (exact) mass is 342 g/mol. The fourth-order valence-electron chi connectivity index (χ4n) is 3.76. The van der Waals surface area contributed by atoms with Crippen molar-refractivity contribution < 1.29 is 14.0 Å². The van der Waals surface area contributed by atoms with Gasteiger partial charge in [-0.25, -0.2) is 4.98 Å². The largest absolute Gasteiger partial charge is 0.459 e. The van der Waals surface area contributed by atoms with Crippen molar-refractivity contribution in [3.8, 4) is 0 Å². The van der Waals surface area contributed by atoms with Gasteiger partial charge in [-0.1, -0.05) is 0 Å². The van der Waals surface area contributed by atoms with Gasteiger partial charge in [0.05, 0.1) is 12.8 Å². The Labute approximate surface area is 146 Å².